The van der Waals surface area contributed by atoms with E-state index in [-0.39, 0.29) is 30.6 Å². The second kappa shape index (κ2) is 17.9. The summed E-state index contributed by atoms with van der Waals surface area (Å²) < 4.78 is 13.2. The van der Waals surface area contributed by atoms with Crippen molar-refractivity contribution in [3.8, 4) is 0 Å². The number of amides is 2. The molecule has 2 aliphatic heterocycles. The first kappa shape index (κ1) is 35.9. The van der Waals surface area contributed by atoms with E-state index >= 15 is 0 Å². The maximum atomic E-state index is 12.9. The van der Waals surface area contributed by atoms with E-state index in [4.69, 9.17) is 15.2 Å². The molecular weight excluding hydrogens is 646 g/mol. The average molecular weight is 694 g/mol. The number of aliphatic hydroxyl groups is 1. The van der Waals surface area contributed by atoms with E-state index in [1.165, 1.54) is 0 Å². The smallest absolute Gasteiger partial charge is 0.225 e. The van der Waals surface area contributed by atoms with Crippen LogP contribution in [0.4, 0.5) is 23.0 Å². The number of ether oxygens (including phenoxy) is 2. The van der Waals surface area contributed by atoms with Gasteiger partial charge >= 0.3 is 0 Å². The summed E-state index contributed by atoms with van der Waals surface area (Å²) in [6.45, 7) is 4.16. The Morgan fingerprint density at radius 2 is 1.53 bits per heavy atom. The lowest BCUT2D eigenvalue weighted by atomic mass is 9.99. The number of hydrogen-bond acceptors (Lipinski definition) is 10. The van der Waals surface area contributed by atoms with Gasteiger partial charge in [-0.2, -0.15) is 0 Å². The summed E-state index contributed by atoms with van der Waals surface area (Å²) in [6, 6.07) is 24.5. The van der Waals surface area contributed by atoms with Crippen molar-refractivity contribution in [1.29, 1.82) is 0 Å². The molecule has 12 nitrogen and oxygen atoms in total. The molecule has 0 radical (unpaired) electrons. The van der Waals surface area contributed by atoms with Crippen LogP contribution >= 0.6 is 0 Å². The fourth-order valence-corrected chi connectivity index (χ4v) is 6.46. The Morgan fingerprint density at radius 3 is 2.25 bits per heavy atom. The number of carbonyl (C=O) groups excluding carboxylic acids is 2. The molecule has 2 amide bonds. The van der Waals surface area contributed by atoms with E-state index < -0.39 is 6.29 Å². The van der Waals surface area contributed by atoms with Crippen molar-refractivity contribution in [3.63, 3.8) is 0 Å². The van der Waals surface area contributed by atoms with E-state index in [2.05, 4.69) is 30.4 Å². The zero-order valence-corrected chi connectivity index (χ0v) is 28.8. The highest BCUT2D eigenvalue weighted by Crippen LogP contribution is 2.39. The van der Waals surface area contributed by atoms with Gasteiger partial charge in [0.1, 0.15) is 0 Å². The molecule has 2 fully saturated rings. The van der Waals surface area contributed by atoms with Crippen molar-refractivity contribution >= 4 is 34.8 Å². The third-order valence-corrected chi connectivity index (χ3v) is 9.27. The monoisotopic (exact) mass is 693 g/mol. The number of piperazine rings is 1. The molecule has 3 heterocycles. The molecule has 5 N–H and O–H groups in total. The average Bonchev–Trinajstić information content (AvgIpc) is 3.16. The first-order valence-corrected chi connectivity index (χ1v) is 17.7. The Bertz CT molecular complexity index is 1720. The molecule has 0 bridgehead atoms. The number of benzene rings is 3. The number of aliphatic hydroxyl groups excluding tert-OH is 1. The molecule has 0 spiro atoms. The first-order chi connectivity index (χ1) is 24.9. The van der Waals surface area contributed by atoms with Gasteiger partial charge in [-0.15, -0.1) is 0 Å². The number of nitrogen functional groups attached to an aromatic ring is 1. The van der Waals surface area contributed by atoms with Crippen LogP contribution in [0.1, 0.15) is 67.6 Å². The lowest BCUT2D eigenvalue weighted by molar-refractivity contribution is -0.253. The second-order valence-electron chi connectivity index (χ2n) is 13.1. The van der Waals surface area contributed by atoms with Gasteiger partial charge in [0.15, 0.2) is 6.29 Å². The number of hydrogen-bond donors (Lipinski definition) is 4. The molecule has 51 heavy (non-hydrogen) atoms. The summed E-state index contributed by atoms with van der Waals surface area (Å²) in [6.07, 6.45) is 6.15. The summed E-state index contributed by atoms with van der Waals surface area (Å²) in [5.74, 6) is 0.584. The predicted octanol–water partition coefficient (Wildman–Crippen LogP) is 5.45. The molecule has 0 aliphatic carbocycles. The number of aromatic nitrogens is 2. The van der Waals surface area contributed by atoms with E-state index in [1.807, 2.05) is 66.7 Å². The van der Waals surface area contributed by atoms with Crippen molar-refractivity contribution in [3.05, 3.63) is 108 Å². The van der Waals surface area contributed by atoms with Crippen LogP contribution in [-0.4, -0.2) is 70.6 Å². The van der Waals surface area contributed by atoms with Crippen LogP contribution in [-0.2, 0) is 25.7 Å². The highest BCUT2D eigenvalue weighted by atomic mass is 16.7. The lowest BCUT2D eigenvalue weighted by Gasteiger charge is -2.40. The minimum absolute atomic E-state index is 0.0134. The molecule has 3 atom stereocenters. The minimum atomic E-state index is -0.625. The number of para-hydroxylation sites is 2. The highest BCUT2D eigenvalue weighted by Gasteiger charge is 2.34. The van der Waals surface area contributed by atoms with Crippen molar-refractivity contribution in [2.24, 2.45) is 0 Å². The topological polar surface area (TPSA) is 155 Å². The van der Waals surface area contributed by atoms with Gasteiger partial charge < -0.3 is 35.8 Å². The highest BCUT2D eigenvalue weighted by molar-refractivity contribution is 5.93. The van der Waals surface area contributed by atoms with Gasteiger partial charge in [-0.3, -0.25) is 14.5 Å². The molecule has 268 valence electrons. The molecule has 1 aromatic heterocycles. The zero-order valence-electron chi connectivity index (χ0n) is 28.8. The van der Waals surface area contributed by atoms with Gasteiger partial charge in [0.05, 0.1) is 30.2 Å². The number of carbonyl (C=O) groups is 2. The minimum Gasteiger partial charge on any atom is -0.397 e. The largest absolute Gasteiger partial charge is 0.397 e. The van der Waals surface area contributed by atoms with Gasteiger partial charge in [0, 0.05) is 75.6 Å². The van der Waals surface area contributed by atoms with Crippen molar-refractivity contribution in [2.75, 3.05) is 54.0 Å². The van der Waals surface area contributed by atoms with Gasteiger partial charge in [-0.1, -0.05) is 55.0 Å². The standard InChI is InChI=1S/C39H47N7O5/c40-33-10-4-5-11-34(33)44-37(49)13-3-1-2-12-36(48)43-31-9-6-8-30(24-31)38-50-32(25-35(51-38)29-16-14-28(27-47)15-17-29)26-45-20-22-46(23-21-45)39-41-18-7-19-42-39/h4-11,14-19,24,32,35,38,47H,1-3,12-13,20-23,25-27,40H2,(H,43,48)(H,44,49)/t32-,35+,38+/m1/s1. The lowest BCUT2D eigenvalue weighted by Crippen LogP contribution is -2.50. The van der Waals surface area contributed by atoms with E-state index in [9.17, 15) is 14.7 Å². The van der Waals surface area contributed by atoms with E-state index in [0.717, 1.165) is 61.8 Å². The fourth-order valence-electron chi connectivity index (χ4n) is 6.46. The van der Waals surface area contributed by atoms with Crippen LogP contribution in [0, 0.1) is 0 Å². The Balaban J connectivity index is 1.02. The molecule has 4 aromatic rings. The summed E-state index contributed by atoms with van der Waals surface area (Å²) in [7, 11) is 0. The van der Waals surface area contributed by atoms with Crippen LogP contribution in [0.15, 0.2) is 91.3 Å². The normalized spacial score (nSPS) is 19.4. The molecule has 12 heteroatoms. The summed E-state index contributed by atoms with van der Waals surface area (Å²) in [4.78, 5) is 38.6. The maximum Gasteiger partial charge on any atom is 0.225 e. The Kier molecular flexibility index (Phi) is 12.6. The maximum absolute atomic E-state index is 12.9. The quantitative estimate of drug-likeness (QED) is 0.0991. The Morgan fingerprint density at radius 1 is 0.804 bits per heavy atom. The number of unbranched alkanes of at least 4 members (excludes halogenated alkanes) is 2. The van der Waals surface area contributed by atoms with E-state index in [0.29, 0.717) is 49.2 Å². The Hall–Kier alpha value is -4.88. The zero-order chi connectivity index (χ0) is 35.4. The number of nitrogens with two attached hydrogens (primary N) is 1. The Labute approximate surface area is 299 Å². The second-order valence-corrected chi connectivity index (χ2v) is 13.1. The van der Waals surface area contributed by atoms with Gasteiger partial charge in [-0.05, 0) is 54.3 Å². The van der Waals surface area contributed by atoms with Gasteiger partial charge in [0.2, 0.25) is 17.8 Å². The van der Waals surface area contributed by atoms with Gasteiger partial charge in [-0.25, -0.2) is 9.97 Å². The third-order valence-electron chi connectivity index (χ3n) is 9.27. The summed E-state index contributed by atoms with van der Waals surface area (Å²) in [5, 5.41) is 15.4. The van der Waals surface area contributed by atoms with E-state index in [1.54, 1.807) is 24.5 Å². The summed E-state index contributed by atoms with van der Waals surface area (Å²) in [5.41, 5.74) is 10.4. The van der Waals surface area contributed by atoms with Crippen molar-refractivity contribution in [2.45, 2.75) is 63.6 Å². The van der Waals surface area contributed by atoms with Crippen molar-refractivity contribution < 1.29 is 24.2 Å². The molecule has 0 saturated carbocycles. The first-order valence-electron chi connectivity index (χ1n) is 17.7. The molecule has 6 rings (SSSR count). The molecule has 2 saturated heterocycles. The summed E-state index contributed by atoms with van der Waals surface area (Å²) >= 11 is 0. The van der Waals surface area contributed by atoms with Crippen LogP contribution < -0.4 is 21.3 Å². The van der Waals surface area contributed by atoms with Crippen LogP contribution in [0.25, 0.3) is 0 Å². The van der Waals surface area contributed by atoms with Crippen LogP contribution in [0.3, 0.4) is 0 Å². The fraction of sp³-hybridized carbons (Fsp3) is 0.385. The molecule has 3 aromatic carbocycles. The molecular formula is C39H47N7O5. The molecule has 2 aliphatic rings. The van der Waals surface area contributed by atoms with Crippen LogP contribution in [0.2, 0.25) is 0 Å². The number of nitrogens with zero attached hydrogens (tertiary/aromatic N) is 4. The number of nitrogens with one attached hydrogen (secondary N) is 2. The van der Waals surface area contributed by atoms with Crippen LogP contribution in [0.5, 0.6) is 0 Å². The van der Waals surface area contributed by atoms with Crippen molar-refractivity contribution in [1.82, 2.24) is 14.9 Å². The number of anilines is 4. The molecule has 0 unspecified atom stereocenters. The third kappa shape index (κ3) is 10.3. The van der Waals surface area contributed by atoms with Gasteiger partial charge in [0.25, 0.3) is 0 Å². The number of rotatable bonds is 14. The predicted molar refractivity (Wildman–Crippen MR) is 197 cm³/mol. The SMILES string of the molecule is Nc1ccccc1NC(=O)CCCCCC(=O)Nc1cccc([C@H]2O[C@@H](CN3CCN(c4ncccn4)CC3)C[C@@H](c3ccc(CO)cc3)O2)c1.